The molecule has 13 heavy (non-hydrogen) atoms. The summed E-state index contributed by atoms with van der Waals surface area (Å²) in [5.74, 6) is 0. The summed E-state index contributed by atoms with van der Waals surface area (Å²) in [6, 6.07) is 8.45. The molecule has 0 aromatic heterocycles. The Kier molecular flexibility index (Phi) is 5.31. The third kappa shape index (κ3) is 4.47. The van der Waals surface area contributed by atoms with E-state index in [2.05, 4.69) is 61.0 Å². The average molecular weight is 243 g/mol. The summed E-state index contributed by atoms with van der Waals surface area (Å²) in [5, 5.41) is 0. The highest BCUT2D eigenvalue weighted by molar-refractivity contribution is 9.10. The average Bonchev–Trinajstić information content (AvgIpc) is 2.06. The van der Waals surface area contributed by atoms with Crippen molar-refractivity contribution in [1.29, 1.82) is 0 Å². The van der Waals surface area contributed by atoms with Crippen LogP contribution in [0, 0.1) is 0 Å². The van der Waals surface area contributed by atoms with Gasteiger partial charge in [0.25, 0.3) is 0 Å². The first-order valence-corrected chi connectivity index (χ1v) is 5.55. The van der Waals surface area contributed by atoms with Crippen molar-refractivity contribution in [1.82, 2.24) is 0 Å². The van der Waals surface area contributed by atoms with Gasteiger partial charge in [-0.25, -0.2) is 0 Å². The Hall–Kier alpha value is -0.300. The van der Waals surface area contributed by atoms with Gasteiger partial charge in [-0.1, -0.05) is 62.7 Å². The molecule has 74 valence electrons. The summed E-state index contributed by atoms with van der Waals surface area (Å²) in [4.78, 5) is 0. The lowest BCUT2D eigenvalue weighted by atomic mass is 9.87. The minimum atomic E-state index is 0.254. The lowest BCUT2D eigenvalue weighted by Gasteiger charge is -2.18. The Morgan fingerprint density at radius 1 is 1.08 bits per heavy atom. The maximum Gasteiger partial charge on any atom is 0.0178 e. The molecule has 1 rings (SSSR count). The van der Waals surface area contributed by atoms with Crippen LogP contribution in [-0.2, 0) is 5.41 Å². The minimum absolute atomic E-state index is 0.254. The van der Waals surface area contributed by atoms with Gasteiger partial charge < -0.3 is 0 Å². The molecule has 0 nitrogen and oxygen atoms in total. The van der Waals surface area contributed by atoms with Crippen LogP contribution in [0.3, 0.4) is 0 Å². The van der Waals surface area contributed by atoms with Gasteiger partial charge >= 0.3 is 0 Å². The van der Waals surface area contributed by atoms with E-state index in [-0.39, 0.29) is 5.41 Å². The zero-order valence-corrected chi connectivity index (χ0v) is 10.8. The molecule has 0 N–H and O–H groups in total. The van der Waals surface area contributed by atoms with E-state index in [4.69, 9.17) is 0 Å². The van der Waals surface area contributed by atoms with Gasteiger partial charge in [-0.05, 0) is 23.1 Å². The van der Waals surface area contributed by atoms with Gasteiger partial charge in [0.1, 0.15) is 0 Å². The number of hydrogen-bond acceptors (Lipinski definition) is 0. The summed E-state index contributed by atoms with van der Waals surface area (Å²) in [5.41, 5.74) is 1.62. The molecule has 0 spiro atoms. The molecule has 0 saturated heterocycles. The molecule has 0 atom stereocenters. The van der Waals surface area contributed by atoms with Crippen LogP contribution in [0.25, 0.3) is 0 Å². The summed E-state index contributed by atoms with van der Waals surface area (Å²) in [6.45, 7) is 10.7. The predicted molar refractivity (Wildman–Crippen MR) is 64.2 cm³/mol. The second-order valence-electron chi connectivity index (χ2n) is 3.76. The lowest BCUT2D eigenvalue weighted by molar-refractivity contribution is 0.590. The van der Waals surface area contributed by atoms with Crippen molar-refractivity contribution in [3.8, 4) is 0 Å². The third-order valence-corrected chi connectivity index (χ3v) is 2.18. The minimum Gasteiger partial charge on any atom is -0.0683 e. The van der Waals surface area contributed by atoms with Crippen molar-refractivity contribution in [2.75, 3.05) is 0 Å². The first kappa shape index (κ1) is 12.7. The van der Waals surface area contributed by atoms with Gasteiger partial charge in [0, 0.05) is 4.47 Å². The smallest absolute Gasteiger partial charge is 0.0178 e. The zero-order chi connectivity index (χ0) is 10.5. The molecule has 1 aromatic rings. The molecule has 0 radical (unpaired) electrons. The molecule has 0 saturated carbocycles. The van der Waals surface area contributed by atoms with Crippen LogP contribution >= 0.6 is 15.9 Å². The van der Waals surface area contributed by atoms with Gasteiger partial charge in [0.2, 0.25) is 0 Å². The quantitative estimate of drug-likeness (QED) is 0.615. The van der Waals surface area contributed by atoms with E-state index in [1.54, 1.807) is 0 Å². The standard InChI is InChI=1S/C10H13Br.C2H6/c1-10(2,3)8-5-4-6-9(11)7-8;1-2/h4-7H,1-3H3;1-2H3. The van der Waals surface area contributed by atoms with Crippen molar-refractivity contribution in [2.24, 2.45) is 0 Å². The zero-order valence-electron chi connectivity index (χ0n) is 9.19. The second kappa shape index (κ2) is 5.43. The van der Waals surface area contributed by atoms with Crippen LogP contribution in [0.1, 0.15) is 40.2 Å². The van der Waals surface area contributed by atoms with Crippen molar-refractivity contribution in [3.05, 3.63) is 34.3 Å². The normalized spacial score (nSPS) is 10.3. The first-order chi connectivity index (χ1) is 6.00. The summed E-state index contributed by atoms with van der Waals surface area (Å²) in [7, 11) is 0. The van der Waals surface area contributed by atoms with Crippen LogP contribution < -0.4 is 0 Å². The van der Waals surface area contributed by atoms with Gasteiger partial charge in [-0.3, -0.25) is 0 Å². The number of rotatable bonds is 0. The molecule has 0 unspecified atom stereocenters. The fraction of sp³-hybridized carbons (Fsp3) is 0.500. The molecule has 0 amide bonds. The molecule has 0 bridgehead atoms. The van der Waals surface area contributed by atoms with Gasteiger partial charge in [-0.15, -0.1) is 0 Å². The van der Waals surface area contributed by atoms with Gasteiger partial charge in [0.15, 0.2) is 0 Å². The first-order valence-electron chi connectivity index (χ1n) is 4.76. The maximum atomic E-state index is 3.45. The topological polar surface area (TPSA) is 0 Å². The van der Waals surface area contributed by atoms with E-state index in [1.165, 1.54) is 5.56 Å². The van der Waals surface area contributed by atoms with Crippen LogP contribution in [0.15, 0.2) is 28.7 Å². The third-order valence-electron chi connectivity index (χ3n) is 1.69. The molecular formula is C12H19Br. The van der Waals surface area contributed by atoms with Crippen LogP contribution in [0.5, 0.6) is 0 Å². The van der Waals surface area contributed by atoms with E-state index < -0.39 is 0 Å². The van der Waals surface area contributed by atoms with Gasteiger partial charge in [-0.2, -0.15) is 0 Å². The summed E-state index contributed by atoms with van der Waals surface area (Å²) >= 11 is 3.45. The van der Waals surface area contributed by atoms with Crippen LogP contribution in [0.4, 0.5) is 0 Å². The van der Waals surface area contributed by atoms with Crippen LogP contribution in [0.2, 0.25) is 0 Å². The van der Waals surface area contributed by atoms with Crippen LogP contribution in [-0.4, -0.2) is 0 Å². The highest BCUT2D eigenvalue weighted by Crippen LogP contribution is 2.24. The Morgan fingerprint density at radius 3 is 1.92 bits per heavy atom. The van der Waals surface area contributed by atoms with E-state index in [1.807, 2.05) is 13.8 Å². The van der Waals surface area contributed by atoms with Crippen molar-refractivity contribution in [2.45, 2.75) is 40.0 Å². The summed E-state index contributed by atoms with van der Waals surface area (Å²) in [6.07, 6.45) is 0. The Bertz CT molecular complexity index is 246. The highest BCUT2D eigenvalue weighted by Gasteiger charge is 2.12. The highest BCUT2D eigenvalue weighted by atomic mass is 79.9. The summed E-state index contributed by atoms with van der Waals surface area (Å²) < 4.78 is 1.16. The lowest BCUT2D eigenvalue weighted by Crippen LogP contribution is -2.10. The SMILES string of the molecule is CC.CC(C)(C)c1cccc(Br)c1. The van der Waals surface area contributed by atoms with Crippen molar-refractivity contribution in [3.63, 3.8) is 0 Å². The van der Waals surface area contributed by atoms with Crippen molar-refractivity contribution >= 4 is 15.9 Å². The van der Waals surface area contributed by atoms with E-state index in [9.17, 15) is 0 Å². The maximum absolute atomic E-state index is 3.45. The Labute approximate surface area is 90.5 Å². The Morgan fingerprint density at radius 2 is 1.62 bits per heavy atom. The number of benzene rings is 1. The largest absolute Gasteiger partial charge is 0.0683 e. The Balaban J connectivity index is 0.000000671. The fourth-order valence-corrected chi connectivity index (χ4v) is 1.35. The number of hydrogen-bond donors (Lipinski definition) is 0. The molecule has 1 aromatic carbocycles. The molecule has 0 fully saturated rings. The monoisotopic (exact) mass is 242 g/mol. The molecule has 0 aliphatic rings. The van der Waals surface area contributed by atoms with E-state index in [0.717, 1.165) is 4.47 Å². The number of halogens is 1. The predicted octanol–water partition coefficient (Wildman–Crippen LogP) is 4.77. The van der Waals surface area contributed by atoms with Crippen molar-refractivity contribution < 1.29 is 0 Å². The van der Waals surface area contributed by atoms with E-state index in [0.29, 0.717) is 0 Å². The fourth-order valence-electron chi connectivity index (χ4n) is 0.955. The van der Waals surface area contributed by atoms with Gasteiger partial charge in [0.05, 0.1) is 0 Å². The molecule has 0 aliphatic carbocycles. The molecular weight excluding hydrogens is 224 g/mol. The second-order valence-corrected chi connectivity index (χ2v) is 4.68. The molecule has 1 heteroatoms. The molecule has 0 aliphatic heterocycles. The van der Waals surface area contributed by atoms with E-state index >= 15 is 0 Å². The molecule has 0 heterocycles.